The summed E-state index contributed by atoms with van der Waals surface area (Å²) in [5.41, 5.74) is 0. The minimum absolute atomic E-state index is 0.269. The Hall–Kier alpha value is -1.33. The van der Waals surface area contributed by atoms with Crippen molar-refractivity contribution in [1.29, 1.82) is 0 Å². The van der Waals surface area contributed by atoms with E-state index in [2.05, 4.69) is 5.32 Å². The zero-order valence-electron chi connectivity index (χ0n) is 9.56. The number of furan rings is 1. The summed E-state index contributed by atoms with van der Waals surface area (Å²) in [6, 6.07) is 3.27. The van der Waals surface area contributed by atoms with Crippen molar-refractivity contribution in [3.05, 3.63) is 24.2 Å². The molecule has 0 radical (unpaired) electrons. The maximum atomic E-state index is 11.5. The molecule has 16 heavy (non-hydrogen) atoms. The number of rotatable bonds is 7. The van der Waals surface area contributed by atoms with Crippen molar-refractivity contribution < 1.29 is 18.7 Å². The first kappa shape index (κ1) is 12.7. The lowest BCUT2D eigenvalue weighted by Crippen LogP contribution is -2.35. The summed E-state index contributed by atoms with van der Waals surface area (Å²) in [6.07, 6.45) is 1.05. The number of nitrogens with one attached hydrogen (secondary N) is 1. The highest BCUT2D eigenvalue weighted by Gasteiger charge is 2.12. The third-order valence-electron chi connectivity index (χ3n) is 1.88. The van der Waals surface area contributed by atoms with Crippen LogP contribution >= 0.6 is 0 Å². The normalized spacial score (nSPS) is 10.7. The van der Waals surface area contributed by atoms with Crippen molar-refractivity contribution in [2.45, 2.75) is 20.1 Å². The van der Waals surface area contributed by atoms with Crippen LogP contribution in [-0.2, 0) is 9.47 Å². The Balaban J connectivity index is 2.34. The van der Waals surface area contributed by atoms with E-state index >= 15 is 0 Å². The van der Waals surface area contributed by atoms with Gasteiger partial charge < -0.3 is 19.2 Å². The minimum Gasteiger partial charge on any atom is -0.459 e. The Morgan fingerprint density at radius 2 is 2.12 bits per heavy atom. The van der Waals surface area contributed by atoms with Crippen LogP contribution in [0.1, 0.15) is 24.4 Å². The zero-order chi connectivity index (χ0) is 11.8. The zero-order valence-corrected chi connectivity index (χ0v) is 9.56. The van der Waals surface area contributed by atoms with Crippen LogP contribution in [0.3, 0.4) is 0 Å². The Kier molecular flexibility index (Phi) is 5.60. The van der Waals surface area contributed by atoms with E-state index < -0.39 is 6.29 Å². The van der Waals surface area contributed by atoms with Gasteiger partial charge >= 0.3 is 0 Å². The van der Waals surface area contributed by atoms with Crippen molar-refractivity contribution in [2.75, 3.05) is 19.8 Å². The van der Waals surface area contributed by atoms with Gasteiger partial charge in [0.2, 0.25) is 0 Å². The van der Waals surface area contributed by atoms with Gasteiger partial charge in [-0.2, -0.15) is 0 Å². The first-order chi connectivity index (χ1) is 7.77. The molecule has 0 atom stereocenters. The van der Waals surface area contributed by atoms with Crippen molar-refractivity contribution in [3.8, 4) is 0 Å². The highest BCUT2D eigenvalue weighted by atomic mass is 16.7. The fraction of sp³-hybridized carbons (Fsp3) is 0.545. The fourth-order valence-electron chi connectivity index (χ4n) is 1.21. The van der Waals surface area contributed by atoms with Crippen LogP contribution in [0.25, 0.3) is 0 Å². The monoisotopic (exact) mass is 227 g/mol. The predicted molar refractivity (Wildman–Crippen MR) is 58.1 cm³/mol. The summed E-state index contributed by atoms with van der Waals surface area (Å²) in [4.78, 5) is 11.5. The van der Waals surface area contributed by atoms with Crippen LogP contribution in [0, 0.1) is 0 Å². The van der Waals surface area contributed by atoms with Gasteiger partial charge in [0.25, 0.3) is 5.91 Å². The third-order valence-corrected chi connectivity index (χ3v) is 1.88. The average molecular weight is 227 g/mol. The Morgan fingerprint density at radius 3 is 2.62 bits per heavy atom. The van der Waals surface area contributed by atoms with Gasteiger partial charge in [0.15, 0.2) is 12.1 Å². The number of amides is 1. The van der Waals surface area contributed by atoms with Crippen molar-refractivity contribution in [1.82, 2.24) is 5.32 Å². The second kappa shape index (κ2) is 7.03. The molecule has 0 fully saturated rings. The smallest absolute Gasteiger partial charge is 0.287 e. The van der Waals surface area contributed by atoms with Crippen LogP contribution in [0.4, 0.5) is 0 Å². The van der Waals surface area contributed by atoms with Gasteiger partial charge in [-0.05, 0) is 26.0 Å². The van der Waals surface area contributed by atoms with Crippen molar-refractivity contribution in [3.63, 3.8) is 0 Å². The van der Waals surface area contributed by atoms with Crippen LogP contribution in [-0.4, -0.2) is 32.0 Å². The van der Waals surface area contributed by atoms with Crippen LogP contribution in [0.5, 0.6) is 0 Å². The number of carbonyl (C=O) groups is 1. The quantitative estimate of drug-likeness (QED) is 0.715. The molecule has 0 bridgehead atoms. The summed E-state index contributed by atoms with van der Waals surface area (Å²) in [7, 11) is 0. The molecule has 1 amide bonds. The highest BCUT2D eigenvalue weighted by Crippen LogP contribution is 2.00. The molecule has 1 heterocycles. The molecule has 1 N–H and O–H groups in total. The number of hydrogen-bond acceptors (Lipinski definition) is 4. The lowest BCUT2D eigenvalue weighted by Gasteiger charge is -2.16. The Morgan fingerprint density at radius 1 is 1.44 bits per heavy atom. The van der Waals surface area contributed by atoms with E-state index in [-0.39, 0.29) is 11.7 Å². The molecule has 0 spiro atoms. The fourth-order valence-corrected chi connectivity index (χ4v) is 1.21. The van der Waals surface area contributed by atoms with Gasteiger partial charge in [0, 0.05) is 13.2 Å². The molecular weight excluding hydrogens is 210 g/mol. The first-order valence-corrected chi connectivity index (χ1v) is 5.32. The topological polar surface area (TPSA) is 60.7 Å². The van der Waals surface area contributed by atoms with E-state index in [0.29, 0.717) is 19.8 Å². The minimum atomic E-state index is -0.408. The van der Waals surface area contributed by atoms with E-state index in [1.54, 1.807) is 12.1 Å². The van der Waals surface area contributed by atoms with Crippen molar-refractivity contribution >= 4 is 5.91 Å². The summed E-state index contributed by atoms with van der Waals surface area (Å²) in [5, 5.41) is 2.67. The van der Waals surface area contributed by atoms with E-state index in [4.69, 9.17) is 13.9 Å². The molecule has 0 saturated carbocycles. The van der Waals surface area contributed by atoms with Gasteiger partial charge in [-0.25, -0.2) is 0 Å². The van der Waals surface area contributed by atoms with Crippen LogP contribution in [0.15, 0.2) is 22.8 Å². The standard InChI is InChI=1S/C11H17NO4/c1-3-14-10(15-4-2)8-12-11(13)9-6-5-7-16-9/h5-7,10H,3-4,8H2,1-2H3,(H,12,13). The number of hydrogen-bond donors (Lipinski definition) is 1. The van der Waals surface area contributed by atoms with Gasteiger partial charge in [-0.15, -0.1) is 0 Å². The van der Waals surface area contributed by atoms with E-state index in [0.717, 1.165) is 0 Å². The lowest BCUT2D eigenvalue weighted by atomic mass is 10.4. The molecule has 0 aliphatic rings. The molecule has 1 aromatic rings. The second-order valence-electron chi connectivity index (χ2n) is 3.03. The van der Waals surface area contributed by atoms with Crippen LogP contribution < -0.4 is 5.32 Å². The summed E-state index contributed by atoms with van der Waals surface area (Å²) in [6.45, 7) is 5.14. The summed E-state index contributed by atoms with van der Waals surface area (Å²) < 4.78 is 15.5. The number of carbonyl (C=O) groups excluding carboxylic acids is 1. The lowest BCUT2D eigenvalue weighted by molar-refractivity contribution is -0.131. The molecule has 90 valence electrons. The van der Waals surface area contributed by atoms with E-state index in [1.165, 1.54) is 6.26 Å². The maximum Gasteiger partial charge on any atom is 0.287 e. The van der Waals surface area contributed by atoms with Gasteiger partial charge in [0.1, 0.15) is 0 Å². The van der Waals surface area contributed by atoms with Gasteiger partial charge in [-0.1, -0.05) is 0 Å². The molecule has 0 saturated heterocycles. The Bertz CT molecular complexity index is 291. The van der Waals surface area contributed by atoms with E-state index in [9.17, 15) is 4.79 Å². The van der Waals surface area contributed by atoms with Crippen LogP contribution in [0.2, 0.25) is 0 Å². The molecular formula is C11H17NO4. The molecule has 1 rings (SSSR count). The van der Waals surface area contributed by atoms with E-state index in [1.807, 2.05) is 13.8 Å². The SMILES string of the molecule is CCOC(CNC(=O)c1ccco1)OCC. The summed E-state index contributed by atoms with van der Waals surface area (Å²) in [5.74, 6) is 0.0150. The second-order valence-corrected chi connectivity index (χ2v) is 3.03. The van der Waals surface area contributed by atoms with Gasteiger partial charge in [-0.3, -0.25) is 4.79 Å². The third kappa shape index (κ3) is 4.04. The average Bonchev–Trinajstić information content (AvgIpc) is 2.79. The number of ether oxygens (including phenoxy) is 2. The molecule has 0 aromatic carbocycles. The highest BCUT2D eigenvalue weighted by molar-refractivity contribution is 5.91. The first-order valence-electron chi connectivity index (χ1n) is 5.32. The summed E-state index contributed by atoms with van der Waals surface area (Å²) >= 11 is 0. The Labute approximate surface area is 94.7 Å². The van der Waals surface area contributed by atoms with Gasteiger partial charge in [0.05, 0.1) is 12.8 Å². The van der Waals surface area contributed by atoms with Crippen molar-refractivity contribution in [2.24, 2.45) is 0 Å². The molecule has 1 aromatic heterocycles. The molecule has 0 aliphatic heterocycles. The molecule has 5 heteroatoms. The largest absolute Gasteiger partial charge is 0.459 e. The predicted octanol–water partition coefficient (Wildman–Crippen LogP) is 1.41. The molecule has 5 nitrogen and oxygen atoms in total. The molecule has 0 aliphatic carbocycles. The maximum absolute atomic E-state index is 11.5. The molecule has 0 unspecified atom stereocenters.